The fourth-order valence-corrected chi connectivity index (χ4v) is 3.48. The highest BCUT2D eigenvalue weighted by Gasteiger charge is 2.25. The van der Waals surface area contributed by atoms with Crippen LogP contribution < -0.4 is 16.4 Å². The average molecular weight is 429 g/mol. The van der Waals surface area contributed by atoms with Crippen molar-refractivity contribution in [2.75, 3.05) is 64.0 Å². The molecular weight excluding hydrogens is 396 g/mol. The predicted octanol–water partition coefficient (Wildman–Crippen LogP) is 1.03. The number of nitrogens with zero attached hydrogens (tertiary/aromatic N) is 5. The van der Waals surface area contributed by atoms with E-state index in [0.29, 0.717) is 31.5 Å². The monoisotopic (exact) mass is 428 g/mol. The largest absolute Gasteiger partial charge is 0.385 e. The van der Waals surface area contributed by atoms with Gasteiger partial charge in [-0.1, -0.05) is 18.2 Å². The van der Waals surface area contributed by atoms with E-state index in [9.17, 15) is 4.79 Å². The SMILES string of the molecule is COCCCNC(=O)CN1CCN(C(C)c2nc(N)nc(Nc3ccccc3)n2)CC1. The van der Waals surface area contributed by atoms with Crippen LogP contribution in [0.1, 0.15) is 25.2 Å². The molecule has 31 heavy (non-hydrogen) atoms. The first-order valence-corrected chi connectivity index (χ1v) is 10.6. The van der Waals surface area contributed by atoms with Crippen LogP contribution in [0.15, 0.2) is 30.3 Å². The standard InChI is InChI=1S/C21H32N8O2/c1-16(19-25-20(22)27-21(26-19)24-17-7-4-3-5-8-17)29-12-10-28(11-13-29)15-18(30)23-9-6-14-31-2/h3-5,7-8,16H,6,9-15H2,1-2H3,(H,23,30)(H3,22,24,25,26,27). The first kappa shape index (κ1) is 22.9. The van der Waals surface area contributed by atoms with Gasteiger partial charge in [-0.3, -0.25) is 14.6 Å². The maximum atomic E-state index is 12.1. The number of para-hydroxylation sites is 1. The van der Waals surface area contributed by atoms with Gasteiger partial charge in [0.25, 0.3) is 0 Å². The molecule has 1 aromatic heterocycles. The van der Waals surface area contributed by atoms with Gasteiger partial charge in [-0.05, 0) is 25.5 Å². The zero-order valence-corrected chi connectivity index (χ0v) is 18.3. The summed E-state index contributed by atoms with van der Waals surface area (Å²) in [4.78, 5) is 29.7. The van der Waals surface area contributed by atoms with Crippen LogP contribution in [-0.4, -0.2) is 83.6 Å². The van der Waals surface area contributed by atoms with E-state index in [1.165, 1.54) is 0 Å². The smallest absolute Gasteiger partial charge is 0.234 e. The highest BCUT2D eigenvalue weighted by Crippen LogP contribution is 2.21. The summed E-state index contributed by atoms with van der Waals surface area (Å²) in [5.74, 6) is 1.32. The number of rotatable bonds is 10. The highest BCUT2D eigenvalue weighted by molar-refractivity contribution is 5.77. The number of benzene rings is 1. The number of nitrogens with one attached hydrogen (secondary N) is 2. The molecule has 1 aliphatic rings. The molecule has 0 aliphatic carbocycles. The minimum atomic E-state index is -0.00774. The van der Waals surface area contributed by atoms with E-state index in [-0.39, 0.29) is 17.9 Å². The average Bonchev–Trinajstić information content (AvgIpc) is 2.77. The van der Waals surface area contributed by atoms with Crippen LogP contribution in [0.5, 0.6) is 0 Å². The lowest BCUT2D eigenvalue weighted by Crippen LogP contribution is -2.50. The normalized spacial score (nSPS) is 16.1. The molecule has 3 rings (SSSR count). The Morgan fingerprint density at radius 1 is 1.16 bits per heavy atom. The molecule has 10 heteroatoms. The maximum Gasteiger partial charge on any atom is 0.234 e. The van der Waals surface area contributed by atoms with E-state index >= 15 is 0 Å². The van der Waals surface area contributed by atoms with E-state index in [2.05, 4.69) is 42.3 Å². The van der Waals surface area contributed by atoms with E-state index in [4.69, 9.17) is 10.5 Å². The lowest BCUT2D eigenvalue weighted by molar-refractivity contribution is -0.122. The Morgan fingerprint density at radius 3 is 2.61 bits per heavy atom. The molecule has 2 aromatic rings. The Labute approximate surface area is 183 Å². The molecule has 0 saturated carbocycles. The second-order valence-electron chi connectivity index (χ2n) is 7.55. The lowest BCUT2D eigenvalue weighted by Gasteiger charge is -2.37. The zero-order valence-electron chi connectivity index (χ0n) is 18.3. The number of carbonyl (C=O) groups is 1. The summed E-state index contributed by atoms with van der Waals surface area (Å²) in [6.07, 6.45) is 0.823. The zero-order chi connectivity index (χ0) is 22.1. The van der Waals surface area contributed by atoms with Crippen molar-refractivity contribution in [3.05, 3.63) is 36.2 Å². The molecule has 0 spiro atoms. The molecule has 1 atom stereocenters. The number of ether oxygens (including phenoxy) is 1. The number of methoxy groups -OCH3 is 1. The van der Waals surface area contributed by atoms with Gasteiger partial charge in [0.15, 0.2) is 5.82 Å². The van der Waals surface area contributed by atoms with Crippen LogP contribution in [0.4, 0.5) is 17.6 Å². The highest BCUT2D eigenvalue weighted by atomic mass is 16.5. The van der Waals surface area contributed by atoms with Crippen molar-refractivity contribution in [1.29, 1.82) is 0 Å². The summed E-state index contributed by atoms with van der Waals surface area (Å²) >= 11 is 0. The summed E-state index contributed by atoms with van der Waals surface area (Å²) in [7, 11) is 1.66. The molecular formula is C21H32N8O2. The molecule has 168 valence electrons. The third-order valence-electron chi connectivity index (χ3n) is 5.24. The van der Waals surface area contributed by atoms with Crippen LogP contribution in [0.3, 0.4) is 0 Å². The molecule has 0 radical (unpaired) electrons. The summed E-state index contributed by atoms with van der Waals surface area (Å²) in [6.45, 7) is 7.05. The lowest BCUT2D eigenvalue weighted by atomic mass is 10.2. The van der Waals surface area contributed by atoms with Gasteiger partial charge in [0.05, 0.1) is 12.6 Å². The number of aromatic nitrogens is 3. The second kappa shape index (κ2) is 11.5. The Morgan fingerprint density at radius 2 is 1.90 bits per heavy atom. The number of piperazine rings is 1. The molecule has 10 nitrogen and oxygen atoms in total. The van der Waals surface area contributed by atoms with Crippen molar-refractivity contribution in [3.8, 4) is 0 Å². The minimum Gasteiger partial charge on any atom is -0.385 e. The van der Waals surface area contributed by atoms with Crippen LogP contribution in [-0.2, 0) is 9.53 Å². The van der Waals surface area contributed by atoms with Crippen molar-refractivity contribution in [2.45, 2.75) is 19.4 Å². The van der Waals surface area contributed by atoms with Gasteiger partial charge in [0.1, 0.15) is 0 Å². The number of anilines is 3. The Hall–Kier alpha value is -2.82. The van der Waals surface area contributed by atoms with Crippen molar-refractivity contribution < 1.29 is 9.53 Å². The van der Waals surface area contributed by atoms with Crippen LogP contribution >= 0.6 is 0 Å². The van der Waals surface area contributed by atoms with Gasteiger partial charge < -0.3 is 21.1 Å². The van der Waals surface area contributed by atoms with E-state index in [0.717, 1.165) is 38.3 Å². The molecule has 1 saturated heterocycles. The van der Waals surface area contributed by atoms with Gasteiger partial charge in [-0.2, -0.15) is 15.0 Å². The van der Waals surface area contributed by atoms with E-state index in [1.54, 1.807) is 7.11 Å². The number of nitrogen functional groups attached to an aromatic ring is 1. The first-order chi connectivity index (χ1) is 15.0. The van der Waals surface area contributed by atoms with E-state index in [1.807, 2.05) is 30.3 Å². The first-order valence-electron chi connectivity index (χ1n) is 10.6. The fraction of sp³-hybridized carbons (Fsp3) is 0.524. The Kier molecular flexibility index (Phi) is 8.51. The molecule has 0 bridgehead atoms. The van der Waals surface area contributed by atoms with Gasteiger partial charge in [-0.15, -0.1) is 0 Å². The molecule has 4 N–H and O–H groups in total. The molecule has 1 fully saturated rings. The van der Waals surface area contributed by atoms with Crippen molar-refractivity contribution in [1.82, 2.24) is 30.1 Å². The minimum absolute atomic E-state index is 0.00774. The van der Waals surface area contributed by atoms with Crippen LogP contribution in [0, 0.1) is 0 Å². The molecule has 2 heterocycles. The molecule has 1 unspecified atom stereocenters. The molecule has 1 aromatic carbocycles. The maximum absolute atomic E-state index is 12.1. The summed E-state index contributed by atoms with van der Waals surface area (Å²) in [5.41, 5.74) is 6.82. The Balaban J connectivity index is 1.51. The third-order valence-corrected chi connectivity index (χ3v) is 5.24. The quantitative estimate of drug-likeness (QED) is 0.476. The second-order valence-corrected chi connectivity index (χ2v) is 7.55. The van der Waals surface area contributed by atoms with Crippen molar-refractivity contribution >= 4 is 23.5 Å². The van der Waals surface area contributed by atoms with Gasteiger partial charge in [-0.25, -0.2) is 0 Å². The molecule has 1 aliphatic heterocycles. The predicted molar refractivity (Wildman–Crippen MR) is 120 cm³/mol. The fourth-order valence-electron chi connectivity index (χ4n) is 3.48. The van der Waals surface area contributed by atoms with Gasteiger partial charge in [0, 0.05) is 52.1 Å². The number of nitrogens with two attached hydrogens (primary N) is 1. The van der Waals surface area contributed by atoms with Crippen LogP contribution in [0.2, 0.25) is 0 Å². The van der Waals surface area contributed by atoms with Gasteiger partial charge >= 0.3 is 0 Å². The van der Waals surface area contributed by atoms with E-state index < -0.39 is 0 Å². The topological polar surface area (TPSA) is 122 Å². The van der Waals surface area contributed by atoms with Crippen molar-refractivity contribution in [2.24, 2.45) is 0 Å². The summed E-state index contributed by atoms with van der Waals surface area (Å²) < 4.78 is 5.00. The molecule has 1 amide bonds. The van der Waals surface area contributed by atoms with Crippen LogP contribution in [0.25, 0.3) is 0 Å². The summed E-state index contributed by atoms with van der Waals surface area (Å²) in [6, 6.07) is 9.70. The number of amides is 1. The third kappa shape index (κ3) is 7.12. The van der Waals surface area contributed by atoms with Gasteiger partial charge in [0.2, 0.25) is 17.8 Å². The number of hydrogen-bond donors (Lipinski definition) is 3. The van der Waals surface area contributed by atoms with Crippen molar-refractivity contribution in [3.63, 3.8) is 0 Å². The summed E-state index contributed by atoms with van der Waals surface area (Å²) in [5, 5.41) is 6.11. The Bertz CT molecular complexity index is 827. The number of hydrogen-bond acceptors (Lipinski definition) is 9. The number of carbonyl (C=O) groups excluding carboxylic acids is 1.